The lowest BCUT2D eigenvalue weighted by atomic mass is 10.0. The molecule has 0 saturated carbocycles. The zero-order valence-corrected chi connectivity index (χ0v) is 15.4. The van der Waals surface area contributed by atoms with Gasteiger partial charge in [0.1, 0.15) is 0 Å². The maximum absolute atomic E-state index is 10.4. The van der Waals surface area contributed by atoms with E-state index in [2.05, 4.69) is 52.6 Å². The van der Waals surface area contributed by atoms with Crippen LogP contribution in [0.25, 0.3) is 0 Å². The van der Waals surface area contributed by atoms with Crippen LogP contribution in [0.5, 0.6) is 0 Å². The Bertz CT molecular complexity index is 616. The molecule has 2 aromatic rings. The quantitative estimate of drug-likeness (QED) is 0.845. The fourth-order valence-electron chi connectivity index (χ4n) is 3.44. The van der Waals surface area contributed by atoms with Crippen LogP contribution in [0.15, 0.2) is 29.1 Å². The molecule has 1 unspecified atom stereocenters. The van der Waals surface area contributed by atoms with Gasteiger partial charge in [0, 0.05) is 37.6 Å². The van der Waals surface area contributed by atoms with Gasteiger partial charge in [-0.1, -0.05) is 29.3 Å². The van der Waals surface area contributed by atoms with Gasteiger partial charge in [0.15, 0.2) is 0 Å². The van der Waals surface area contributed by atoms with Gasteiger partial charge in [-0.15, -0.1) is 11.3 Å². The number of nitrogens with zero attached hydrogens (tertiary/aromatic N) is 2. The highest BCUT2D eigenvalue weighted by Crippen LogP contribution is 2.18. The first-order valence-electron chi connectivity index (χ1n) is 8.69. The zero-order chi connectivity index (χ0) is 16.9. The number of aliphatic hydroxyl groups is 1. The first-order valence-corrected chi connectivity index (χ1v) is 9.63. The van der Waals surface area contributed by atoms with Crippen LogP contribution >= 0.6 is 11.3 Å². The number of piperidine rings is 1. The van der Waals surface area contributed by atoms with Gasteiger partial charge in [-0.25, -0.2) is 4.98 Å². The number of benzene rings is 1. The minimum absolute atomic E-state index is 0.434. The van der Waals surface area contributed by atoms with Crippen molar-refractivity contribution in [3.63, 3.8) is 0 Å². The molecule has 2 heterocycles. The molecule has 24 heavy (non-hydrogen) atoms. The van der Waals surface area contributed by atoms with Crippen molar-refractivity contribution in [2.24, 2.45) is 0 Å². The molecule has 3 rings (SSSR count). The second-order valence-corrected chi connectivity index (χ2v) is 7.59. The van der Waals surface area contributed by atoms with Crippen molar-refractivity contribution in [3.8, 4) is 0 Å². The molecule has 2 N–H and O–H groups in total. The number of thiazole rings is 1. The third-order valence-electron chi connectivity index (χ3n) is 4.69. The highest BCUT2D eigenvalue weighted by atomic mass is 32.1. The van der Waals surface area contributed by atoms with Gasteiger partial charge in [0.05, 0.1) is 17.3 Å². The molecule has 1 saturated heterocycles. The summed E-state index contributed by atoms with van der Waals surface area (Å²) in [7, 11) is 0. The highest BCUT2D eigenvalue weighted by Gasteiger charge is 2.20. The summed E-state index contributed by atoms with van der Waals surface area (Å²) in [6.45, 7) is 7.92. The molecule has 1 aliphatic heterocycles. The summed E-state index contributed by atoms with van der Waals surface area (Å²) in [6.07, 6.45) is 1.82. The molecule has 0 amide bonds. The van der Waals surface area contributed by atoms with Crippen LogP contribution in [0.2, 0.25) is 0 Å². The van der Waals surface area contributed by atoms with E-state index in [4.69, 9.17) is 0 Å². The molecule has 1 aliphatic rings. The van der Waals surface area contributed by atoms with E-state index in [0.717, 1.165) is 38.0 Å². The maximum Gasteiger partial charge on any atom is 0.0914 e. The summed E-state index contributed by atoms with van der Waals surface area (Å²) in [5.74, 6) is 0. The Kier molecular flexibility index (Phi) is 6.00. The molecule has 0 bridgehead atoms. The molecular formula is C19H27N3OS. The van der Waals surface area contributed by atoms with E-state index < -0.39 is 6.10 Å². The average Bonchev–Trinajstić information content (AvgIpc) is 3.06. The Hall–Kier alpha value is -1.27. The zero-order valence-electron chi connectivity index (χ0n) is 14.5. The second-order valence-electron chi connectivity index (χ2n) is 6.88. The number of hydrogen-bond acceptors (Lipinski definition) is 5. The van der Waals surface area contributed by atoms with Crippen LogP contribution in [-0.2, 0) is 6.54 Å². The summed E-state index contributed by atoms with van der Waals surface area (Å²) in [5.41, 5.74) is 6.51. The number of aromatic nitrogens is 1. The van der Waals surface area contributed by atoms with Crippen molar-refractivity contribution in [2.75, 3.05) is 19.6 Å². The SMILES string of the molecule is Cc1cc(C)cc(C(O)CNC2CCN(Cc3cscn3)CC2)c1. The van der Waals surface area contributed by atoms with Crippen molar-refractivity contribution >= 4 is 11.3 Å². The van der Waals surface area contributed by atoms with Crippen molar-refractivity contribution in [1.82, 2.24) is 15.2 Å². The van der Waals surface area contributed by atoms with Gasteiger partial charge in [0.2, 0.25) is 0 Å². The molecule has 1 aromatic heterocycles. The molecular weight excluding hydrogens is 318 g/mol. The topological polar surface area (TPSA) is 48.4 Å². The minimum atomic E-state index is -0.434. The summed E-state index contributed by atoms with van der Waals surface area (Å²) >= 11 is 1.66. The minimum Gasteiger partial charge on any atom is -0.387 e. The van der Waals surface area contributed by atoms with Gasteiger partial charge >= 0.3 is 0 Å². The van der Waals surface area contributed by atoms with Crippen molar-refractivity contribution in [2.45, 2.75) is 45.4 Å². The summed E-state index contributed by atoms with van der Waals surface area (Å²) in [6, 6.07) is 6.80. The molecule has 1 aromatic carbocycles. The molecule has 130 valence electrons. The van der Waals surface area contributed by atoms with Crippen LogP contribution in [-0.4, -0.2) is 40.7 Å². The normalized spacial score (nSPS) is 18.0. The van der Waals surface area contributed by atoms with Crippen molar-refractivity contribution in [1.29, 1.82) is 0 Å². The first-order chi connectivity index (χ1) is 11.6. The fourth-order valence-corrected chi connectivity index (χ4v) is 3.99. The number of aliphatic hydroxyl groups excluding tert-OH is 1. The average molecular weight is 346 g/mol. The van der Waals surface area contributed by atoms with E-state index in [0.29, 0.717) is 12.6 Å². The van der Waals surface area contributed by atoms with Gasteiger partial charge in [0.25, 0.3) is 0 Å². The fraction of sp³-hybridized carbons (Fsp3) is 0.526. The summed E-state index contributed by atoms with van der Waals surface area (Å²) < 4.78 is 0. The third kappa shape index (κ3) is 4.86. The maximum atomic E-state index is 10.4. The largest absolute Gasteiger partial charge is 0.387 e. The number of likely N-dealkylation sites (tertiary alicyclic amines) is 1. The van der Waals surface area contributed by atoms with E-state index in [-0.39, 0.29) is 0 Å². The van der Waals surface area contributed by atoms with Gasteiger partial charge in [-0.05, 0) is 32.3 Å². The molecule has 1 atom stereocenters. The smallest absolute Gasteiger partial charge is 0.0914 e. The standard InChI is InChI=1S/C19H27N3OS/c1-14-7-15(2)9-16(8-14)19(23)10-20-17-3-5-22(6-4-17)11-18-12-24-13-21-18/h7-9,12-13,17,19-20,23H,3-6,10-11H2,1-2H3. The first kappa shape index (κ1) is 17.5. The van der Waals surface area contributed by atoms with E-state index in [1.54, 1.807) is 11.3 Å². The Morgan fingerprint density at radius 2 is 1.96 bits per heavy atom. The monoisotopic (exact) mass is 345 g/mol. The molecule has 0 radical (unpaired) electrons. The van der Waals surface area contributed by atoms with Crippen LogP contribution in [0, 0.1) is 13.8 Å². The number of nitrogens with one attached hydrogen (secondary N) is 1. The predicted molar refractivity (Wildman–Crippen MR) is 99.3 cm³/mol. The summed E-state index contributed by atoms with van der Waals surface area (Å²) in [4.78, 5) is 6.83. The van der Waals surface area contributed by atoms with Crippen LogP contribution in [0.3, 0.4) is 0 Å². The molecule has 0 aliphatic carbocycles. The predicted octanol–water partition coefficient (Wildman–Crippen LogP) is 3.05. The number of aryl methyl sites for hydroxylation is 2. The van der Waals surface area contributed by atoms with Crippen LogP contribution in [0.4, 0.5) is 0 Å². The van der Waals surface area contributed by atoms with Crippen LogP contribution in [0.1, 0.15) is 41.3 Å². The Labute approximate surface area is 148 Å². The molecule has 1 fully saturated rings. The molecule has 0 spiro atoms. The Morgan fingerprint density at radius 3 is 2.58 bits per heavy atom. The lowest BCUT2D eigenvalue weighted by Crippen LogP contribution is -2.43. The summed E-state index contributed by atoms with van der Waals surface area (Å²) in [5, 5.41) is 16.1. The van der Waals surface area contributed by atoms with E-state index in [1.165, 1.54) is 16.8 Å². The van der Waals surface area contributed by atoms with E-state index in [9.17, 15) is 5.11 Å². The lowest BCUT2D eigenvalue weighted by molar-refractivity contribution is 0.149. The van der Waals surface area contributed by atoms with E-state index >= 15 is 0 Å². The second kappa shape index (κ2) is 8.21. The molecule has 5 heteroatoms. The van der Waals surface area contributed by atoms with E-state index in [1.807, 2.05) is 5.51 Å². The van der Waals surface area contributed by atoms with Gasteiger partial charge < -0.3 is 10.4 Å². The van der Waals surface area contributed by atoms with Crippen LogP contribution < -0.4 is 5.32 Å². The third-order valence-corrected chi connectivity index (χ3v) is 5.32. The number of rotatable bonds is 6. The van der Waals surface area contributed by atoms with Crippen molar-refractivity contribution in [3.05, 3.63) is 51.5 Å². The Morgan fingerprint density at radius 1 is 1.25 bits per heavy atom. The van der Waals surface area contributed by atoms with Gasteiger partial charge in [-0.3, -0.25) is 4.90 Å². The van der Waals surface area contributed by atoms with Gasteiger partial charge in [-0.2, -0.15) is 0 Å². The molecule has 4 nitrogen and oxygen atoms in total. The highest BCUT2D eigenvalue weighted by molar-refractivity contribution is 7.07. The lowest BCUT2D eigenvalue weighted by Gasteiger charge is -2.32. The van der Waals surface area contributed by atoms with Crippen molar-refractivity contribution < 1.29 is 5.11 Å². The number of hydrogen-bond donors (Lipinski definition) is 2. The Balaban J connectivity index is 1.43.